The van der Waals surface area contributed by atoms with Crippen molar-refractivity contribution in [1.82, 2.24) is 15.2 Å². The number of hydrogen-bond acceptors (Lipinski definition) is 4. The minimum Gasteiger partial charge on any atom is -0.480 e. The van der Waals surface area contributed by atoms with Crippen LogP contribution in [-0.2, 0) is 16.6 Å². The molecule has 1 heterocycles. The maximum atomic E-state index is 13.4. The van der Waals surface area contributed by atoms with E-state index in [0.717, 1.165) is 0 Å². The zero-order valence-electron chi connectivity index (χ0n) is 15.3. The molecule has 0 bridgehead atoms. The maximum absolute atomic E-state index is 13.4. The predicted octanol–water partition coefficient (Wildman–Crippen LogP) is 1.76. The third-order valence-electron chi connectivity index (χ3n) is 4.20. The van der Waals surface area contributed by atoms with Crippen LogP contribution in [0.4, 0.5) is 4.39 Å². The van der Waals surface area contributed by atoms with Gasteiger partial charge in [0.25, 0.3) is 5.91 Å². The molecule has 1 aromatic carbocycles. The Kier molecular flexibility index (Phi) is 6.84. The van der Waals surface area contributed by atoms with Crippen LogP contribution in [0.2, 0.25) is 0 Å². The number of nitrogens with zero attached hydrogens (tertiary/aromatic N) is 1. The number of fused-ring (bicyclic) bond motifs is 1. The second-order valence-electron chi connectivity index (χ2n) is 6.17. The van der Waals surface area contributed by atoms with Crippen LogP contribution in [0, 0.1) is 5.82 Å². The highest BCUT2D eigenvalue weighted by Gasteiger charge is 2.25. The molecule has 3 N–H and O–H groups in total. The summed E-state index contributed by atoms with van der Waals surface area (Å²) in [4.78, 5) is 36.0. The Labute approximate surface area is 160 Å². The van der Waals surface area contributed by atoms with Crippen molar-refractivity contribution in [1.29, 1.82) is 0 Å². The fourth-order valence-corrected chi connectivity index (χ4v) is 3.12. The summed E-state index contributed by atoms with van der Waals surface area (Å²) < 4.78 is 15.0. The van der Waals surface area contributed by atoms with E-state index in [1.54, 1.807) is 23.7 Å². The molecule has 2 unspecified atom stereocenters. The van der Waals surface area contributed by atoms with Crippen LogP contribution < -0.4 is 10.6 Å². The molecule has 0 radical (unpaired) electrons. The molecule has 1 aromatic heterocycles. The smallest absolute Gasteiger partial charge is 0.325 e. The lowest BCUT2D eigenvalue weighted by Gasteiger charge is -2.20. The van der Waals surface area contributed by atoms with Crippen LogP contribution in [0.5, 0.6) is 0 Å². The topological polar surface area (TPSA) is 100 Å². The van der Waals surface area contributed by atoms with E-state index in [4.69, 9.17) is 5.11 Å². The van der Waals surface area contributed by atoms with Crippen LogP contribution in [0.3, 0.4) is 0 Å². The van der Waals surface area contributed by atoms with Gasteiger partial charge in [-0.25, -0.2) is 4.39 Å². The summed E-state index contributed by atoms with van der Waals surface area (Å²) in [7, 11) is 1.68. The Hall–Kier alpha value is -2.55. The summed E-state index contributed by atoms with van der Waals surface area (Å²) in [6, 6.07) is 3.84. The van der Waals surface area contributed by atoms with Crippen LogP contribution >= 0.6 is 11.8 Å². The van der Waals surface area contributed by atoms with Gasteiger partial charge in [0.1, 0.15) is 23.6 Å². The van der Waals surface area contributed by atoms with Crippen molar-refractivity contribution in [2.45, 2.75) is 25.4 Å². The Morgan fingerprint density at radius 1 is 1.26 bits per heavy atom. The molecule has 2 atom stereocenters. The van der Waals surface area contributed by atoms with Crippen molar-refractivity contribution in [3.63, 3.8) is 0 Å². The second-order valence-corrected chi connectivity index (χ2v) is 7.15. The number of rotatable bonds is 8. The van der Waals surface area contributed by atoms with Crippen molar-refractivity contribution in [2.75, 3.05) is 12.0 Å². The number of aliphatic carboxylic acids is 1. The normalized spacial score (nSPS) is 13.2. The number of amides is 2. The number of halogens is 1. The minimum absolute atomic E-state index is 0.281. The van der Waals surface area contributed by atoms with Gasteiger partial charge in [-0.05, 0) is 49.6 Å². The molecule has 0 aliphatic heterocycles. The summed E-state index contributed by atoms with van der Waals surface area (Å²) in [5, 5.41) is 14.6. The van der Waals surface area contributed by atoms with Gasteiger partial charge in [-0.3, -0.25) is 14.4 Å². The van der Waals surface area contributed by atoms with Gasteiger partial charge < -0.3 is 20.3 Å². The van der Waals surface area contributed by atoms with E-state index in [1.807, 2.05) is 6.26 Å². The molecule has 2 aromatic rings. The van der Waals surface area contributed by atoms with Crippen molar-refractivity contribution in [3.05, 3.63) is 35.8 Å². The third kappa shape index (κ3) is 5.00. The number of aromatic nitrogens is 1. The molecule has 2 amide bonds. The van der Waals surface area contributed by atoms with Crippen molar-refractivity contribution in [2.24, 2.45) is 7.05 Å². The van der Waals surface area contributed by atoms with Gasteiger partial charge in [-0.15, -0.1) is 0 Å². The van der Waals surface area contributed by atoms with Crippen LogP contribution in [0.15, 0.2) is 24.3 Å². The highest BCUT2D eigenvalue weighted by Crippen LogP contribution is 2.20. The van der Waals surface area contributed by atoms with Crippen molar-refractivity contribution in [3.8, 4) is 0 Å². The van der Waals surface area contributed by atoms with Gasteiger partial charge in [0.15, 0.2) is 0 Å². The highest BCUT2D eigenvalue weighted by molar-refractivity contribution is 7.98. The average molecular weight is 395 g/mol. The lowest BCUT2D eigenvalue weighted by Crippen LogP contribution is -2.51. The Balaban J connectivity index is 2.21. The van der Waals surface area contributed by atoms with E-state index in [0.29, 0.717) is 23.1 Å². The van der Waals surface area contributed by atoms with Crippen LogP contribution in [-0.4, -0.2) is 51.5 Å². The quantitative estimate of drug-likeness (QED) is 0.632. The van der Waals surface area contributed by atoms with Gasteiger partial charge in [0, 0.05) is 18.0 Å². The molecule has 0 aliphatic carbocycles. The standard InChI is InChI=1S/C18H22FN3O4S/c1-10(18(25)26)20-16(23)13(6-7-27-3)21-17(24)15-9-11-8-12(19)4-5-14(11)22(15)2/h4-5,8-10,13H,6-7H2,1-3H3,(H,20,23)(H,21,24)(H,25,26). The zero-order valence-corrected chi connectivity index (χ0v) is 16.1. The number of benzene rings is 1. The van der Waals surface area contributed by atoms with E-state index >= 15 is 0 Å². The largest absolute Gasteiger partial charge is 0.480 e. The first kappa shape index (κ1) is 20.8. The fourth-order valence-electron chi connectivity index (χ4n) is 2.65. The molecule has 0 saturated heterocycles. The average Bonchev–Trinajstić information content (AvgIpc) is 2.94. The molecule has 7 nitrogen and oxygen atoms in total. The van der Waals surface area contributed by atoms with Gasteiger partial charge in [0.2, 0.25) is 5.91 Å². The molecular formula is C18H22FN3O4S. The summed E-state index contributed by atoms with van der Waals surface area (Å²) in [6.07, 6.45) is 2.22. The van der Waals surface area contributed by atoms with Gasteiger partial charge in [-0.2, -0.15) is 11.8 Å². The number of nitrogens with one attached hydrogen (secondary N) is 2. The van der Waals surface area contributed by atoms with Crippen LogP contribution in [0.25, 0.3) is 10.9 Å². The lowest BCUT2D eigenvalue weighted by atomic mass is 10.2. The Morgan fingerprint density at radius 3 is 2.59 bits per heavy atom. The second kappa shape index (κ2) is 8.90. The third-order valence-corrected chi connectivity index (χ3v) is 4.84. The molecule has 0 saturated carbocycles. The number of carbonyl (C=O) groups is 3. The molecule has 0 fully saturated rings. The molecule has 0 aliphatic rings. The maximum Gasteiger partial charge on any atom is 0.325 e. The first-order chi connectivity index (χ1) is 12.7. The number of thioether (sulfide) groups is 1. The van der Waals surface area contributed by atoms with Gasteiger partial charge >= 0.3 is 5.97 Å². The Morgan fingerprint density at radius 2 is 1.96 bits per heavy atom. The van der Waals surface area contributed by atoms with E-state index in [-0.39, 0.29) is 5.69 Å². The molecule has 146 valence electrons. The van der Waals surface area contributed by atoms with E-state index in [2.05, 4.69) is 10.6 Å². The summed E-state index contributed by atoms with van der Waals surface area (Å²) in [6.45, 7) is 1.35. The number of carboxylic acid groups (broad SMARTS) is 1. The number of carbonyl (C=O) groups excluding carboxylic acids is 2. The highest BCUT2D eigenvalue weighted by atomic mass is 32.2. The summed E-state index contributed by atoms with van der Waals surface area (Å²) in [5.74, 6) is -2.00. The lowest BCUT2D eigenvalue weighted by molar-refractivity contribution is -0.141. The van der Waals surface area contributed by atoms with Crippen LogP contribution in [0.1, 0.15) is 23.8 Å². The zero-order chi connectivity index (χ0) is 20.1. The number of carboxylic acids is 1. The summed E-state index contributed by atoms with van der Waals surface area (Å²) in [5.41, 5.74) is 0.968. The number of hydrogen-bond donors (Lipinski definition) is 3. The monoisotopic (exact) mass is 395 g/mol. The molecule has 27 heavy (non-hydrogen) atoms. The predicted molar refractivity (Wildman–Crippen MR) is 102 cm³/mol. The van der Waals surface area contributed by atoms with E-state index < -0.39 is 35.7 Å². The van der Waals surface area contributed by atoms with E-state index in [1.165, 1.54) is 30.8 Å². The van der Waals surface area contributed by atoms with Crippen molar-refractivity contribution >= 4 is 40.4 Å². The molecule has 2 rings (SSSR count). The molecule has 0 spiro atoms. The molecule has 9 heteroatoms. The first-order valence-corrected chi connectivity index (χ1v) is 9.72. The van der Waals surface area contributed by atoms with Gasteiger partial charge in [0.05, 0.1) is 0 Å². The first-order valence-electron chi connectivity index (χ1n) is 8.32. The minimum atomic E-state index is -1.16. The summed E-state index contributed by atoms with van der Waals surface area (Å²) >= 11 is 1.51. The van der Waals surface area contributed by atoms with E-state index in [9.17, 15) is 18.8 Å². The Bertz CT molecular complexity index is 868. The fraction of sp³-hybridized carbons (Fsp3) is 0.389. The number of aryl methyl sites for hydroxylation is 1. The SMILES string of the molecule is CSCCC(NC(=O)c1cc2cc(F)ccc2n1C)C(=O)NC(C)C(=O)O. The van der Waals surface area contributed by atoms with Gasteiger partial charge in [-0.1, -0.05) is 0 Å². The molecular weight excluding hydrogens is 373 g/mol. The van der Waals surface area contributed by atoms with Crippen molar-refractivity contribution < 1.29 is 23.9 Å².